The largest absolute Gasteiger partial charge is 0.365 e. The molecule has 3 rings (SSSR count). The lowest BCUT2D eigenvalue weighted by molar-refractivity contribution is 0.580. The molecule has 0 aliphatic carbocycles. The average molecular weight is 285 g/mol. The summed E-state index contributed by atoms with van der Waals surface area (Å²) in [4.78, 5) is 8.39. The predicted octanol–water partition coefficient (Wildman–Crippen LogP) is 3.83. The van der Waals surface area contributed by atoms with Gasteiger partial charge in [0.25, 0.3) is 0 Å². The van der Waals surface area contributed by atoms with Gasteiger partial charge in [0.05, 0.1) is 5.52 Å². The summed E-state index contributed by atoms with van der Waals surface area (Å²) in [5.74, 6) is -0.529. The first kappa shape index (κ1) is 13.4. The van der Waals surface area contributed by atoms with E-state index in [0.717, 1.165) is 22.5 Å². The number of hydrogen-bond donors (Lipinski definition) is 1. The van der Waals surface area contributed by atoms with Crippen molar-refractivity contribution in [2.24, 2.45) is 0 Å². The molecule has 0 fully saturated rings. The van der Waals surface area contributed by atoms with Crippen LogP contribution in [0.2, 0.25) is 0 Å². The summed E-state index contributed by atoms with van der Waals surface area (Å²) in [7, 11) is 0. The third-order valence-corrected chi connectivity index (χ3v) is 3.17. The lowest BCUT2D eigenvalue weighted by Crippen LogP contribution is -2.03. The first-order valence-corrected chi connectivity index (χ1v) is 6.52. The highest BCUT2D eigenvalue weighted by Crippen LogP contribution is 2.21. The summed E-state index contributed by atoms with van der Waals surface area (Å²) in [5.41, 5.74) is 2.44. The van der Waals surface area contributed by atoms with Gasteiger partial charge < -0.3 is 5.32 Å². The van der Waals surface area contributed by atoms with Gasteiger partial charge in [-0.25, -0.2) is 18.7 Å². The predicted molar refractivity (Wildman–Crippen MR) is 78.0 cm³/mol. The highest BCUT2D eigenvalue weighted by atomic mass is 19.1. The second-order valence-corrected chi connectivity index (χ2v) is 4.87. The monoisotopic (exact) mass is 285 g/mol. The molecule has 1 aromatic heterocycles. The van der Waals surface area contributed by atoms with Crippen LogP contribution in [0.25, 0.3) is 10.9 Å². The Morgan fingerprint density at radius 1 is 1.00 bits per heavy atom. The molecule has 1 heterocycles. The maximum atomic E-state index is 13.2. The summed E-state index contributed by atoms with van der Waals surface area (Å²) in [6.07, 6.45) is 1.46. The number of halogens is 2. The Hall–Kier alpha value is -2.56. The number of aromatic nitrogens is 2. The van der Waals surface area contributed by atoms with E-state index in [0.29, 0.717) is 11.4 Å². The number of benzene rings is 2. The maximum Gasteiger partial charge on any atom is 0.137 e. The van der Waals surface area contributed by atoms with Crippen molar-refractivity contribution in [2.45, 2.75) is 13.5 Å². The number of fused-ring (bicyclic) bond motifs is 1. The smallest absolute Gasteiger partial charge is 0.137 e. The fourth-order valence-electron chi connectivity index (χ4n) is 2.21. The van der Waals surface area contributed by atoms with Crippen LogP contribution in [0.5, 0.6) is 0 Å². The van der Waals surface area contributed by atoms with Crippen LogP contribution in [0.15, 0.2) is 42.7 Å². The molecule has 0 aliphatic heterocycles. The Morgan fingerprint density at radius 2 is 1.76 bits per heavy atom. The molecular formula is C16H13F2N3. The van der Waals surface area contributed by atoms with Gasteiger partial charge in [-0.15, -0.1) is 0 Å². The van der Waals surface area contributed by atoms with Crippen molar-refractivity contribution in [3.63, 3.8) is 0 Å². The van der Waals surface area contributed by atoms with Crippen molar-refractivity contribution < 1.29 is 8.78 Å². The zero-order chi connectivity index (χ0) is 14.8. The van der Waals surface area contributed by atoms with Crippen LogP contribution in [0.4, 0.5) is 14.6 Å². The molecule has 0 spiro atoms. The Kier molecular flexibility index (Phi) is 3.48. The molecule has 21 heavy (non-hydrogen) atoms. The van der Waals surface area contributed by atoms with Gasteiger partial charge in [0, 0.05) is 18.0 Å². The summed E-state index contributed by atoms with van der Waals surface area (Å²) in [6.45, 7) is 2.27. The molecule has 2 aromatic carbocycles. The molecule has 5 heteroatoms. The third kappa shape index (κ3) is 2.97. The van der Waals surface area contributed by atoms with Gasteiger partial charge in [0.15, 0.2) is 0 Å². The highest BCUT2D eigenvalue weighted by Gasteiger charge is 2.05. The molecule has 0 aliphatic rings. The van der Waals surface area contributed by atoms with E-state index >= 15 is 0 Å². The van der Waals surface area contributed by atoms with Crippen molar-refractivity contribution in [3.05, 3.63) is 65.5 Å². The first-order valence-electron chi connectivity index (χ1n) is 6.52. The molecule has 0 bridgehead atoms. The van der Waals surface area contributed by atoms with E-state index in [1.54, 1.807) is 0 Å². The van der Waals surface area contributed by atoms with Crippen LogP contribution in [-0.2, 0) is 6.54 Å². The zero-order valence-electron chi connectivity index (χ0n) is 11.4. The minimum atomic E-state index is -0.588. The molecule has 0 saturated heterocycles. The van der Waals surface area contributed by atoms with Gasteiger partial charge >= 0.3 is 0 Å². The second-order valence-electron chi connectivity index (χ2n) is 4.87. The second kappa shape index (κ2) is 5.44. The molecule has 1 N–H and O–H groups in total. The Labute approximate surface area is 120 Å². The number of rotatable bonds is 3. The van der Waals surface area contributed by atoms with E-state index in [2.05, 4.69) is 15.3 Å². The molecule has 0 atom stereocenters. The topological polar surface area (TPSA) is 37.8 Å². The molecule has 0 unspecified atom stereocenters. The van der Waals surface area contributed by atoms with Crippen LogP contribution in [0.3, 0.4) is 0 Å². The van der Waals surface area contributed by atoms with E-state index in [4.69, 9.17) is 0 Å². The van der Waals surface area contributed by atoms with Gasteiger partial charge in [0.1, 0.15) is 23.8 Å². The molecule has 0 amide bonds. The minimum absolute atomic E-state index is 0.286. The highest BCUT2D eigenvalue weighted by molar-refractivity contribution is 5.89. The molecule has 106 valence electrons. The van der Waals surface area contributed by atoms with Gasteiger partial charge in [-0.05, 0) is 36.8 Å². The number of nitrogens with zero attached hydrogens (tertiary/aromatic N) is 2. The van der Waals surface area contributed by atoms with Crippen molar-refractivity contribution in [1.82, 2.24) is 9.97 Å². The normalized spacial score (nSPS) is 10.8. The van der Waals surface area contributed by atoms with Gasteiger partial charge in [-0.1, -0.05) is 11.6 Å². The SMILES string of the molecule is Cc1ccc2ncnc(NCc3cc(F)cc(F)c3)c2c1. The third-order valence-electron chi connectivity index (χ3n) is 3.17. The molecule has 3 nitrogen and oxygen atoms in total. The van der Waals surface area contributed by atoms with Crippen LogP contribution < -0.4 is 5.32 Å². The summed E-state index contributed by atoms with van der Waals surface area (Å²) in [6, 6.07) is 9.31. The minimum Gasteiger partial charge on any atom is -0.365 e. The van der Waals surface area contributed by atoms with Crippen LogP contribution in [-0.4, -0.2) is 9.97 Å². The Balaban J connectivity index is 1.89. The van der Waals surface area contributed by atoms with E-state index in [1.807, 2.05) is 25.1 Å². The van der Waals surface area contributed by atoms with Crippen molar-refractivity contribution in [3.8, 4) is 0 Å². The molecule has 3 aromatic rings. The standard InChI is InChI=1S/C16H13F2N3/c1-10-2-3-15-14(4-10)16(21-9-20-15)19-8-11-5-12(17)7-13(18)6-11/h2-7,9H,8H2,1H3,(H,19,20,21). The number of anilines is 1. The van der Waals surface area contributed by atoms with E-state index < -0.39 is 11.6 Å². The average Bonchev–Trinajstić information content (AvgIpc) is 2.44. The lowest BCUT2D eigenvalue weighted by Gasteiger charge is -2.09. The van der Waals surface area contributed by atoms with Crippen LogP contribution in [0.1, 0.15) is 11.1 Å². The Bertz CT molecular complexity index is 782. The van der Waals surface area contributed by atoms with E-state index in [1.165, 1.54) is 18.5 Å². The number of nitrogens with one attached hydrogen (secondary N) is 1. The molecule has 0 radical (unpaired) electrons. The maximum absolute atomic E-state index is 13.2. The van der Waals surface area contributed by atoms with Crippen LogP contribution >= 0.6 is 0 Å². The van der Waals surface area contributed by atoms with E-state index in [-0.39, 0.29) is 6.54 Å². The van der Waals surface area contributed by atoms with Gasteiger partial charge in [-0.2, -0.15) is 0 Å². The fourth-order valence-corrected chi connectivity index (χ4v) is 2.21. The fraction of sp³-hybridized carbons (Fsp3) is 0.125. The quantitative estimate of drug-likeness (QED) is 0.794. The summed E-state index contributed by atoms with van der Waals surface area (Å²) in [5, 5.41) is 3.98. The molecular weight excluding hydrogens is 272 g/mol. The Morgan fingerprint density at radius 3 is 2.52 bits per heavy atom. The molecule has 0 saturated carbocycles. The number of hydrogen-bond acceptors (Lipinski definition) is 3. The van der Waals surface area contributed by atoms with Crippen molar-refractivity contribution in [1.29, 1.82) is 0 Å². The van der Waals surface area contributed by atoms with Crippen molar-refractivity contribution >= 4 is 16.7 Å². The van der Waals surface area contributed by atoms with Gasteiger partial charge in [0.2, 0.25) is 0 Å². The van der Waals surface area contributed by atoms with E-state index in [9.17, 15) is 8.78 Å². The van der Waals surface area contributed by atoms with Crippen molar-refractivity contribution in [2.75, 3.05) is 5.32 Å². The lowest BCUT2D eigenvalue weighted by atomic mass is 10.1. The summed E-state index contributed by atoms with van der Waals surface area (Å²) < 4.78 is 26.3. The zero-order valence-corrected chi connectivity index (χ0v) is 11.4. The van der Waals surface area contributed by atoms with Crippen LogP contribution in [0, 0.1) is 18.6 Å². The first-order chi connectivity index (χ1) is 10.1. The summed E-state index contributed by atoms with van der Waals surface area (Å²) >= 11 is 0. The van der Waals surface area contributed by atoms with Gasteiger partial charge in [-0.3, -0.25) is 0 Å². The number of aryl methyl sites for hydroxylation is 1.